The molecule has 0 spiro atoms. The largest absolute Gasteiger partial charge is 0.466 e. The fraction of sp³-hybridized carbons (Fsp3) is 0.278. The van der Waals surface area contributed by atoms with Gasteiger partial charge in [-0.1, -0.05) is 29.3 Å². The van der Waals surface area contributed by atoms with Crippen molar-refractivity contribution >= 4 is 35.1 Å². The fourth-order valence-corrected chi connectivity index (χ4v) is 3.18. The van der Waals surface area contributed by atoms with Crippen molar-refractivity contribution in [3.63, 3.8) is 0 Å². The van der Waals surface area contributed by atoms with Crippen LogP contribution in [0.4, 0.5) is 0 Å². The van der Waals surface area contributed by atoms with E-state index in [1.807, 2.05) is 0 Å². The first-order valence-electron chi connectivity index (χ1n) is 7.89. The number of carbonyl (C=O) groups excluding carboxylic acids is 2. The molecule has 0 saturated carbocycles. The Morgan fingerprint density at radius 3 is 2.62 bits per heavy atom. The Hall–Kier alpha value is -2.31. The van der Waals surface area contributed by atoms with Crippen LogP contribution in [-0.4, -0.2) is 24.0 Å². The van der Waals surface area contributed by atoms with E-state index in [9.17, 15) is 14.4 Å². The number of aryl methyl sites for hydroxylation is 2. The van der Waals surface area contributed by atoms with E-state index in [4.69, 9.17) is 32.7 Å². The smallest absolute Gasteiger partial charge is 0.351 e. The van der Waals surface area contributed by atoms with Crippen molar-refractivity contribution in [2.45, 2.75) is 25.4 Å². The van der Waals surface area contributed by atoms with Gasteiger partial charge in [0.1, 0.15) is 5.56 Å². The Morgan fingerprint density at radius 1 is 1.15 bits per heavy atom. The molecule has 1 atom stereocenters. The van der Waals surface area contributed by atoms with Gasteiger partial charge in [-0.15, -0.1) is 0 Å². The second kappa shape index (κ2) is 7.51. The summed E-state index contributed by atoms with van der Waals surface area (Å²) in [6.07, 6.45) is 1.10. The van der Waals surface area contributed by atoms with Crippen LogP contribution in [0.2, 0.25) is 10.0 Å². The number of rotatable bonds is 4. The van der Waals surface area contributed by atoms with Crippen LogP contribution in [0.5, 0.6) is 0 Å². The maximum atomic E-state index is 12.5. The molecule has 0 bridgehead atoms. The number of H-pyrrole nitrogens is 1. The van der Waals surface area contributed by atoms with Gasteiger partial charge in [0, 0.05) is 11.3 Å². The zero-order valence-corrected chi connectivity index (χ0v) is 15.3. The molecule has 0 amide bonds. The van der Waals surface area contributed by atoms with E-state index in [0.717, 1.165) is 30.5 Å². The number of aromatic amines is 1. The lowest BCUT2D eigenvalue weighted by Crippen LogP contribution is -2.26. The van der Waals surface area contributed by atoms with E-state index in [1.165, 1.54) is 31.4 Å². The van der Waals surface area contributed by atoms with E-state index in [-0.39, 0.29) is 16.1 Å². The number of ether oxygens (including phenoxy) is 2. The third kappa shape index (κ3) is 3.61. The molecule has 1 aliphatic carbocycles. The molecule has 1 unspecified atom stereocenters. The molecular formula is C18H15Cl2NO5. The van der Waals surface area contributed by atoms with Gasteiger partial charge in [-0.2, -0.15) is 0 Å². The third-order valence-corrected chi connectivity index (χ3v) is 4.93. The van der Waals surface area contributed by atoms with Gasteiger partial charge in [0.25, 0.3) is 5.56 Å². The molecule has 0 saturated heterocycles. The van der Waals surface area contributed by atoms with Gasteiger partial charge >= 0.3 is 11.9 Å². The van der Waals surface area contributed by atoms with Crippen molar-refractivity contribution in [2.24, 2.45) is 0 Å². The summed E-state index contributed by atoms with van der Waals surface area (Å²) in [5, 5.41) is 0.491. The van der Waals surface area contributed by atoms with E-state index in [2.05, 4.69) is 4.98 Å². The van der Waals surface area contributed by atoms with E-state index < -0.39 is 23.6 Å². The first-order chi connectivity index (χ1) is 12.4. The molecule has 0 aliphatic heterocycles. The molecule has 1 aliphatic rings. The van der Waals surface area contributed by atoms with Crippen LogP contribution in [0.3, 0.4) is 0 Å². The molecule has 1 aromatic carbocycles. The van der Waals surface area contributed by atoms with E-state index >= 15 is 0 Å². The number of benzene rings is 1. The quantitative estimate of drug-likeness (QED) is 0.802. The van der Waals surface area contributed by atoms with Crippen molar-refractivity contribution in [3.8, 4) is 0 Å². The average molecular weight is 396 g/mol. The highest BCUT2D eigenvalue weighted by molar-refractivity contribution is 6.42. The second-order valence-corrected chi connectivity index (χ2v) is 6.67. The number of nitrogens with one attached hydrogen (secondary N) is 1. The summed E-state index contributed by atoms with van der Waals surface area (Å²) in [4.78, 5) is 39.5. The lowest BCUT2D eigenvalue weighted by Gasteiger charge is -2.16. The standard InChI is InChI=1S/C18H15Cl2NO5/c1-25-18(24)15(10-5-6-12(19)13(20)8-10)26-17(23)11-7-9-3-2-4-14(9)21-16(11)22/h5-8,15H,2-4H2,1H3,(H,21,22). The lowest BCUT2D eigenvalue weighted by molar-refractivity contribution is -0.151. The number of halogens is 2. The van der Waals surface area contributed by atoms with Gasteiger partial charge in [0.2, 0.25) is 6.10 Å². The number of hydrogen-bond donors (Lipinski definition) is 1. The molecule has 6 nitrogen and oxygen atoms in total. The van der Waals surface area contributed by atoms with Crippen molar-refractivity contribution in [1.82, 2.24) is 4.98 Å². The molecule has 1 heterocycles. The Kier molecular flexibility index (Phi) is 5.34. The summed E-state index contributed by atoms with van der Waals surface area (Å²) in [6.45, 7) is 0. The van der Waals surface area contributed by atoms with Gasteiger partial charge in [0.15, 0.2) is 0 Å². The molecule has 136 valence electrons. The Labute approximate surface area is 159 Å². The van der Waals surface area contributed by atoms with Gasteiger partial charge in [0.05, 0.1) is 17.2 Å². The summed E-state index contributed by atoms with van der Waals surface area (Å²) in [5.41, 5.74) is 1.33. The minimum Gasteiger partial charge on any atom is -0.466 e. The number of esters is 2. The first kappa shape index (κ1) is 18.5. The maximum Gasteiger partial charge on any atom is 0.351 e. The fourth-order valence-electron chi connectivity index (χ4n) is 2.87. The van der Waals surface area contributed by atoms with Gasteiger partial charge < -0.3 is 14.5 Å². The summed E-state index contributed by atoms with van der Waals surface area (Å²) in [5.74, 6) is -1.71. The summed E-state index contributed by atoms with van der Waals surface area (Å²) in [6, 6.07) is 5.90. The topological polar surface area (TPSA) is 85.5 Å². The zero-order valence-electron chi connectivity index (χ0n) is 13.8. The van der Waals surface area contributed by atoms with Crippen LogP contribution in [0.25, 0.3) is 0 Å². The molecular weight excluding hydrogens is 381 g/mol. The van der Waals surface area contributed by atoms with E-state index in [1.54, 1.807) is 0 Å². The molecule has 2 aromatic rings. The zero-order chi connectivity index (χ0) is 18.8. The predicted molar refractivity (Wildman–Crippen MR) is 95.7 cm³/mol. The minimum absolute atomic E-state index is 0.153. The van der Waals surface area contributed by atoms with Crippen molar-refractivity contribution in [1.29, 1.82) is 0 Å². The highest BCUT2D eigenvalue weighted by atomic mass is 35.5. The molecule has 26 heavy (non-hydrogen) atoms. The van der Waals surface area contributed by atoms with Crippen molar-refractivity contribution in [2.75, 3.05) is 7.11 Å². The van der Waals surface area contributed by atoms with Crippen LogP contribution in [0, 0.1) is 0 Å². The van der Waals surface area contributed by atoms with Gasteiger partial charge in [-0.3, -0.25) is 4.79 Å². The highest BCUT2D eigenvalue weighted by Crippen LogP contribution is 2.28. The molecule has 3 rings (SSSR count). The predicted octanol–water partition coefficient (Wildman–Crippen LogP) is 3.24. The van der Waals surface area contributed by atoms with Crippen molar-refractivity contribution in [3.05, 3.63) is 67.0 Å². The number of hydrogen-bond acceptors (Lipinski definition) is 5. The Bertz CT molecular complexity index is 938. The lowest BCUT2D eigenvalue weighted by atomic mass is 10.1. The molecule has 1 N–H and O–H groups in total. The summed E-state index contributed by atoms with van der Waals surface area (Å²) < 4.78 is 9.98. The Balaban J connectivity index is 1.92. The minimum atomic E-state index is -1.37. The third-order valence-electron chi connectivity index (χ3n) is 4.19. The summed E-state index contributed by atoms with van der Waals surface area (Å²) in [7, 11) is 1.17. The second-order valence-electron chi connectivity index (χ2n) is 5.85. The monoisotopic (exact) mass is 395 g/mol. The van der Waals surface area contributed by atoms with Gasteiger partial charge in [-0.25, -0.2) is 9.59 Å². The van der Waals surface area contributed by atoms with Crippen LogP contribution in [0.1, 0.15) is 39.7 Å². The molecule has 8 heteroatoms. The van der Waals surface area contributed by atoms with Crippen LogP contribution < -0.4 is 5.56 Å². The Morgan fingerprint density at radius 2 is 1.92 bits per heavy atom. The normalized spacial score (nSPS) is 13.8. The molecule has 0 fully saturated rings. The average Bonchev–Trinajstić information content (AvgIpc) is 3.07. The number of methoxy groups -OCH3 is 1. The number of carbonyl (C=O) groups is 2. The first-order valence-corrected chi connectivity index (χ1v) is 8.65. The van der Waals surface area contributed by atoms with Crippen LogP contribution in [0.15, 0.2) is 29.1 Å². The maximum absolute atomic E-state index is 12.5. The highest BCUT2D eigenvalue weighted by Gasteiger charge is 2.29. The van der Waals surface area contributed by atoms with E-state index in [0.29, 0.717) is 5.02 Å². The summed E-state index contributed by atoms with van der Waals surface area (Å²) >= 11 is 11.8. The van der Waals surface area contributed by atoms with Crippen LogP contribution >= 0.6 is 23.2 Å². The number of aromatic nitrogens is 1. The van der Waals surface area contributed by atoms with Crippen LogP contribution in [-0.2, 0) is 27.1 Å². The van der Waals surface area contributed by atoms with Gasteiger partial charge in [-0.05, 0) is 43.0 Å². The number of fused-ring (bicyclic) bond motifs is 1. The SMILES string of the molecule is COC(=O)C(OC(=O)c1cc2c([nH]c1=O)CCC2)c1ccc(Cl)c(Cl)c1. The van der Waals surface area contributed by atoms with Crippen molar-refractivity contribution < 1.29 is 19.1 Å². The molecule has 0 radical (unpaired) electrons. The molecule has 1 aromatic heterocycles. The number of pyridine rings is 1.